The highest BCUT2D eigenvalue weighted by Crippen LogP contribution is 2.33. The predicted molar refractivity (Wildman–Crippen MR) is 103 cm³/mol. The Hall–Kier alpha value is -2.40. The first-order valence-electron chi connectivity index (χ1n) is 8.21. The number of nitrogens with one attached hydrogen (secondary N) is 1. The molecule has 1 aromatic carbocycles. The summed E-state index contributed by atoms with van der Waals surface area (Å²) in [5.41, 5.74) is -0.828. The summed E-state index contributed by atoms with van der Waals surface area (Å²) in [4.78, 5) is 34.6. The molecule has 0 saturated carbocycles. The summed E-state index contributed by atoms with van der Waals surface area (Å²) < 4.78 is 38.3. The lowest BCUT2D eigenvalue weighted by atomic mass is 10.2. The first-order valence-corrected chi connectivity index (χ1v) is 9.97. The Morgan fingerprint density at radius 2 is 2.18 bits per heavy atom. The summed E-state index contributed by atoms with van der Waals surface area (Å²) in [7, 11) is 0. The fraction of sp³-hybridized carbons (Fsp3) is 0.294. The van der Waals surface area contributed by atoms with Gasteiger partial charge in [0.05, 0.1) is 5.56 Å². The van der Waals surface area contributed by atoms with Gasteiger partial charge in [0.15, 0.2) is 5.17 Å². The van der Waals surface area contributed by atoms with Crippen molar-refractivity contribution in [3.05, 3.63) is 41.4 Å². The molecule has 1 fully saturated rings. The van der Waals surface area contributed by atoms with Crippen molar-refractivity contribution in [1.82, 2.24) is 9.88 Å². The smallest absolute Gasteiger partial charge is 0.326 e. The summed E-state index contributed by atoms with van der Waals surface area (Å²) in [6.07, 6.45) is -3.07. The number of benzene rings is 1. The lowest BCUT2D eigenvalue weighted by Crippen LogP contribution is -2.33. The van der Waals surface area contributed by atoms with E-state index in [1.165, 1.54) is 28.4 Å². The Balaban J connectivity index is 1.68. The molecule has 1 aromatic heterocycles. The molecule has 11 heteroatoms. The molecule has 1 unspecified atom stereocenters. The number of amides is 2. The summed E-state index contributed by atoms with van der Waals surface area (Å²) in [5.74, 6) is -0.807. The Labute approximate surface area is 166 Å². The Kier molecular flexibility index (Phi) is 6.04. The number of alkyl halides is 3. The minimum Gasteiger partial charge on any atom is -0.326 e. The quantitative estimate of drug-likeness (QED) is 0.777. The lowest BCUT2D eigenvalue weighted by molar-refractivity contribution is -0.137. The van der Waals surface area contributed by atoms with Gasteiger partial charge in [-0.05, 0) is 25.1 Å². The van der Waals surface area contributed by atoms with Gasteiger partial charge in [-0.15, -0.1) is 11.3 Å². The van der Waals surface area contributed by atoms with Gasteiger partial charge in [-0.2, -0.15) is 18.2 Å². The van der Waals surface area contributed by atoms with Crippen LogP contribution in [0.4, 0.5) is 24.0 Å². The number of carbonyl (C=O) groups excluding carboxylic acids is 2. The van der Waals surface area contributed by atoms with Crippen LogP contribution in [0.25, 0.3) is 0 Å². The molecule has 28 heavy (non-hydrogen) atoms. The van der Waals surface area contributed by atoms with Crippen molar-refractivity contribution >= 4 is 50.9 Å². The van der Waals surface area contributed by atoms with Crippen molar-refractivity contribution in [1.29, 1.82) is 0 Å². The van der Waals surface area contributed by atoms with Crippen molar-refractivity contribution < 1.29 is 22.8 Å². The van der Waals surface area contributed by atoms with Gasteiger partial charge in [-0.3, -0.25) is 14.5 Å². The van der Waals surface area contributed by atoms with Gasteiger partial charge in [0, 0.05) is 30.2 Å². The van der Waals surface area contributed by atoms with Crippen LogP contribution in [-0.2, 0) is 15.8 Å². The molecule has 1 N–H and O–H groups in total. The maximum atomic E-state index is 12.8. The Bertz CT molecular complexity index is 900. The molecule has 1 aliphatic heterocycles. The number of anilines is 1. The Morgan fingerprint density at radius 1 is 1.39 bits per heavy atom. The minimum absolute atomic E-state index is 0.0271. The van der Waals surface area contributed by atoms with E-state index in [-0.39, 0.29) is 18.0 Å². The largest absolute Gasteiger partial charge is 0.416 e. The third kappa shape index (κ3) is 4.71. The van der Waals surface area contributed by atoms with E-state index in [4.69, 9.17) is 0 Å². The van der Waals surface area contributed by atoms with E-state index in [9.17, 15) is 22.8 Å². The lowest BCUT2D eigenvalue weighted by Gasteiger charge is -2.13. The number of thioether (sulfide) groups is 1. The summed E-state index contributed by atoms with van der Waals surface area (Å²) >= 11 is 2.47. The topological polar surface area (TPSA) is 74.7 Å². The zero-order chi connectivity index (χ0) is 20.3. The zero-order valence-corrected chi connectivity index (χ0v) is 16.2. The van der Waals surface area contributed by atoms with Gasteiger partial charge in [0.2, 0.25) is 16.9 Å². The molecule has 0 radical (unpaired) electrons. The minimum atomic E-state index is -4.50. The number of aliphatic imine (C=N–C) groups is 1. The van der Waals surface area contributed by atoms with Gasteiger partial charge in [-0.1, -0.05) is 17.8 Å². The first-order chi connectivity index (χ1) is 13.3. The van der Waals surface area contributed by atoms with Crippen molar-refractivity contribution in [3.8, 4) is 0 Å². The average molecular weight is 428 g/mol. The van der Waals surface area contributed by atoms with Crippen molar-refractivity contribution in [2.75, 3.05) is 11.9 Å². The van der Waals surface area contributed by atoms with Crippen LogP contribution in [0.15, 0.2) is 40.8 Å². The number of thiazole rings is 1. The molecule has 1 atom stereocenters. The molecule has 1 aliphatic rings. The van der Waals surface area contributed by atoms with Crippen molar-refractivity contribution in [2.45, 2.75) is 24.8 Å². The molecule has 2 amide bonds. The van der Waals surface area contributed by atoms with E-state index in [0.717, 1.165) is 23.9 Å². The predicted octanol–water partition coefficient (Wildman–Crippen LogP) is 4.14. The van der Waals surface area contributed by atoms with E-state index in [1.807, 2.05) is 0 Å². The molecule has 0 aliphatic carbocycles. The number of hydrogen-bond donors (Lipinski definition) is 1. The van der Waals surface area contributed by atoms with Gasteiger partial charge in [0.25, 0.3) is 0 Å². The van der Waals surface area contributed by atoms with E-state index in [0.29, 0.717) is 16.8 Å². The number of aromatic nitrogens is 1. The molecule has 2 aromatic rings. The van der Waals surface area contributed by atoms with Crippen LogP contribution in [0.1, 0.15) is 18.9 Å². The molecular weight excluding hydrogens is 413 g/mol. The van der Waals surface area contributed by atoms with Gasteiger partial charge >= 0.3 is 6.18 Å². The van der Waals surface area contributed by atoms with Crippen LogP contribution in [0.5, 0.6) is 0 Å². The number of rotatable bonds is 5. The van der Waals surface area contributed by atoms with Crippen LogP contribution in [0.2, 0.25) is 0 Å². The van der Waals surface area contributed by atoms with Crippen LogP contribution in [0.3, 0.4) is 0 Å². The number of hydrogen-bond acceptors (Lipinski definition) is 6. The number of halogens is 3. The number of amidine groups is 1. The van der Waals surface area contributed by atoms with Crippen LogP contribution in [0, 0.1) is 0 Å². The Morgan fingerprint density at radius 3 is 2.82 bits per heavy atom. The standard InChI is InChI=1S/C17H15F3N4O2S2/c1-2-24-14(26)12(28-16(24)23-15-21-6-7-27-15)9-13(25)22-11-5-3-4-10(8-11)17(18,19)20/h3-8,12H,2,9H2,1H3,(H,22,25)/b23-16+. The highest BCUT2D eigenvalue weighted by atomic mass is 32.2. The maximum Gasteiger partial charge on any atom is 0.416 e. The summed E-state index contributed by atoms with van der Waals surface area (Å²) in [5, 5.41) is 4.45. The molecule has 148 valence electrons. The van der Waals surface area contributed by atoms with Crippen LogP contribution < -0.4 is 5.32 Å². The second-order valence-electron chi connectivity index (χ2n) is 5.73. The van der Waals surface area contributed by atoms with Crippen molar-refractivity contribution in [3.63, 3.8) is 0 Å². The molecule has 6 nitrogen and oxygen atoms in total. The monoisotopic (exact) mass is 428 g/mol. The fourth-order valence-corrected chi connectivity index (χ4v) is 4.29. The van der Waals surface area contributed by atoms with E-state index >= 15 is 0 Å². The van der Waals surface area contributed by atoms with Gasteiger partial charge in [-0.25, -0.2) is 4.98 Å². The molecular formula is C17H15F3N4O2S2. The number of carbonyl (C=O) groups is 2. The van der Waals surface area contributed by atoms with Crippen LogP contribution in [-0.4, -0.2) is 38.7 Å². The van der Waals surface area contributed by atoms with E-state index in [2.05, 4.69) is 15.3 Å². The maximum absolute atomic E-state index is 12.8. The van der Waals surface area contributed by atoms with Crippen LogP contribution >= 0.6 is 23.1 Å². The normalized spacial score (nSPS) is 18.7. The van der Waals surface area contributed by atoms with Gasteiger partial charge < -0.3 is 5.32 Å². The number of nitrogens with zero attached hydrogens (tertiary/aromatic N) is 3. The molecule has 3 rings (SSSR count). The summed E-state index contributed by atoms with van der Waals surface area (Å²) in [6, 6.07) is 4.36. The highest BCUT2D eigenvalue weighted by molar-refractivity contribution is 8.15. The SMILES string of the molecule is CCN1C(=O)C(CC(=O)Nc2cccc(C(F)(F)F)c2)S/C1=N/c1nccs1. The van der Waals surface area contributed by atoms with Crippen molar-refractivity contribution in [2.24, 2.45) is 4.99 Å². The fourth-order valence-electron chi connectivity index (χ4n) is 2.52. The third-order valence-electron chi connectivity index (χ3n) is 3.79. The average Bonchev–Trinajstić information content (AvgIpc) is 3.23. The highest BCUT2D eigenvalue weighted by Gasteiger charge is 2.38. The van der Waals surface area contributed by atoms with E-state index < -0.39 is 22.9 Å². The summed E-state index contributed by atoms with van der Waals surface area (Å²) in [6.45, 7) is 2.18. The zero-order valence-electron chi connectivity index (χ0n) is 14.6. The molecule has 2 heterocycles. The second-order valence-corrected chi connectivity index (χ2v) is 7.77. The molecule has 1 saturated heterocycles. The van der Waals surface area contributed by atoms with Gasteiger partial charge in [0.1, 0.15) is 5.25 Å². The third-order valence-corrected chi connectivity index (χ3v) is 5.63. The van der Waals surface area contributed by atoms with E-state index in [1.54, 1.807) is 18.5 Å². The first kappa shape index (κ1) is 20.3. The molecule has 0 bridgehead atoms. The molecule has 0 spiro atoms. The second kappa shape index (κ2) is 8.31.